The smallest absolute Gasteiger partial charge is 0.137 e. The number of halogens is 1. The van der Waals surface area contributed by atoms with Gasteiger partial charge in [0, 0.05) is 13.1 Å². The Labute approximate surface area is 130 Å². The molecular formula is C17H20ClNO2. The van der Waals surface area contributed by atoms with E-state index in [-0.39, 0.29) is 0 Å². The largest absolute Gasteiger partial charge is 0.495 e. The summed E-state index contributed by atoms with van der Waals surface area (Å²) in [5, 5.41) is 13.8. The number of rotatable bonds is 7. The van der Waals surface area contributed by atoms with Crippen molar-refractivity contribution in [3.63, 3.8) is 0 Å². The third-order valence-electron chi connectivity index (χ3n) is 3.24. The highest BCUT2D eigenvalue weighted by Crippen LogP contribution is 2.24. The molecule has 0 radical (unpaired) electrons. The summed E-state index contributed by atoms with van der Waals surface area (Å²) >= 11 is 6.08. The molecule has 2 aromatic carbocycles. The number of hydrogen-bond donors (Lipinski definition) is 2. The SMILES string of the molecule is COc1ccc(CNCC(O)Cc2ccccc2)cc1Cl. The van der Waals surface area contributed by atoms with E-state index in [0.29, 0.717) is 30.3 Å². The van der Waals surface area contributed by atoms with Crippen LogP contribution < -0.4 is 10.1 Å². The van der Waals surface area contributed by atoms with Gasteiger partial charge in [0.1, 0.15) is 5.75 Å². The molecule has 1 unspecified atom stereocenters. The molecule has 0 fully saturated rings. The Hall–Kier alpha value is -1.55. The van der Waals surface area contributed by atoms with Crippen molar-refractivity contribution in [2.45, 2.75) is 19.1 Å². The molecule has 3 nitrogen and oxygen atoms in total. The van der Waals surface area contributed by atoms with Gasteiger partial charge in [-0.05, 0) is 29.7 Å². The van der Waals surface area contributed by atoms with Gasteiger partial charge in [0.05, 0.1) is 18.2 Å². The number of benzene rings is 2. The lowest BCUT2D eigenvalue weighted by molar-refractivity contribution is 0.171. The van der Waals surface area contributed by atoms with Crippen LogP contribution in [0.3, 0.4) is 0 Å². The van der Waals surface area contributed by atoms with Crippen LogP contribution in [0.4, 0.5) is 0 Å². The third kappa shape index (κ3) is 5.05. The second-order valence-electron chi connectivity index (χ2n) is 4.94. The minimum absolute atomic E-state index is 0.402. The lowest BCUT2D eigenvalue weighted by atomic mass is 10.1. The van der Waals surface area contributed by atoms with Crippen LogP contribution in [0, 0.1) is 0 Å². The van der Waals surface area contributed by atoms with Gasteiger partial charge in [-0.15, -0.1) is 0 Å². The van der Waals surface area contributed by atoms with E-state index >= 15 is 0 Å². The molecule has 0 saturated carbocycles. The van der Waals surface area contributed by atoms with E-state index in [0.717, 1.165) is 11.1 Å². The highest BCUT2D eigenvalue weighted by Gasteiger charge is 2.06. The molecular weight excluding hydrogens is 286 g/mol. The zero-order valence-electron chi connectivity index (χ0n) is 12.1. The van der Waals surface area contributed by atoms with Gasteiger partial charge in [0.2, 0.25) is 0 Å². The molecule has 2 N–H and O–H groups in total. The van der Waals surface area contributed by atoms with Crippen molar-refractivity contribution >= 4 is 11.6 Å². The van der Waals surface area contributed by atoms with Crippen molar-refractivity contribution in [2.75, 3.05) is 13.7 Å². The minimum Gasteiger partial charge on any atom is -0.495 e. The number of aliphatic hydroxyl groups is 1. The van der Waals surface area contributed by atoms with Gasteiger partial charge in [0.15, 0.2) is 0 Å². The number of ether oxygens (including phenoxy) is 1. The van der Waals surface area contributed by atoms with Gasteiger partial charge in [-0.25, -0.2) is 0 Å². The van der Waals surface area contributed by atoms with E-state index < -0.39 is 6.10 Å². The first kappa shape index (κ1) is 15.8. The molecule has 0 aliphatic rings. The van der Waals surface area contributed by atoms with E-state index in [2.05, 4.69) is 5.32 Å². The summed E-state index contributed by atoms with van der Waals surface area (Å²) in [4.78, 5) is 0. The van der Waals surface area contributed by atoms with Crippen molar-refractivity contribution < 1.29 is 9.84 Å². The van der Waals surface area contributed by atoms with Crippen LogP contribution in [-0.2, 0) is 13.0 Å². The summed E-state index contributed by atoms with van der Waals surface area (Å²) in [5.74, 6) is 0.671. The van der Waals surface area contributed by atoms with Crippen LogP contribution in [0.25, 0.3) is 0 Å². The minimum atomic E-state index is -0.402. The van der Waals surface area contributed by atoms with Crippen LogP contribution in [0.5, 0.6) is 5.75 Å². The van der Waals surface area contributed by atoms with E-state index in [4.69, 9.17) is 16.3 Å². The summed E-state index contributed by atoms with van der Waals surface area (Å²) in [6, 6.07) is 15.7. The van der Waals surface area contributed by atoms with Crippen molar-refractivity contribution in [1.82, 2.24) is 5.32 Å². The summed E-state index contributed by atoms with van der Waals surface area (Å²) in [6.45, 7) is 1.20. The van der Waals surface area contributed by atoms with Crippen molar-refractivity contribution in [1.29, 1.82) is 0 Å². The van der Waals surface area contributed by atoms with E-state index in [1.807, 2.05) is 48.5 Å². The molecule has 0 aliphatic carbocycles. The van der Waals surface area contributed by atoms with Crippen molar-refractivity contribution in [2.24, 2.45) is 0 Å². The van der Waals surface area contributed by atoms with E-state index in [1.165, 1.54) is 0 Å². The summed E-state index contributed by atoms with van der Waals surface area (Å²) in [5.41, 5.74) is 2.20. The maximum absolute atomic E-state index is 10.0. The molecule has 0 saturated heterocycles. The molecule has 2 aromatic rings. The number of hydrogen-bond acceptors (Lipinski definition) is 3. The summed E-state index contributed by atoms with van der Waals surface area (Å²) in [7, 11) is 1.60. The Morgan fingerprint density at radius 2 is 1.90 bits per heavy atom. The predicted molar refractivity (Wildman–Crippen MR) is 85.9 cm³/mol. The van der Waals surface area contributed by atoms with Gasteiger partial charge >= 0.3 is 0 Å². The van der Waals surface area contributed by atoms with Crippen molar-refractivity contribution in [3.05, 3.63) is 64.7 Å². The zero-order valence-corrected chi connectivity index (χ0v) is 12.8. The van der Waals surface area contributed by atoms with Crippen molar-refractivity contribution in [3.8, 4) is 5.75 Å². The van der Waals surface area contributed by atoms with E-state index in [9.17, 15) is 5.11 Å². The lowest BCUT2D eigenvalue weighted by Crippen LogP contribution is -2.28. The van der Waals surface area contributed by atoms with Gasteiger partial charge in [-0.1, -0.05) is 48.0 Å². The fourth-order valence-electron chi connectivity index (χ4n) is 2.16. The first-order valence-electron chi connectivity index (χ1n) is 6.94. The molecule has 112 valence electrons. The normalized spacial score (nSPS) is 12.1. The highest BCUT2D eigenvalue weighted by molar-refractivity contribution is 6.32. The van der Waals surface area contributed by atoms with Gasteiger partial charge in [-0.2, -0.15) is 0 Å². The maximum atomic E-state index is 10.0. The quantitative estimate of drug-likeness (QED) is 0.826. The average Bonchev–Trinajstić information content (AvgIpc) is 2.48. The Balaban J connectivity index is 1.77. The highest BCUT2D eigenvalue weighted by atomic mass is 35.5. The number of aliphatic hydroxyl groups excluding tert-OH is 1. The first-order chi connectivity index (χ1) is 10.2. The molecule has 0 bridgehead atoms. The summed E-state index contributed by atoms with van der Waals surface area (Å²) < 4.78 is 5.12. The number of methoxy groups -OCH3 is 1. The molecule has 0 spiro atoms. The average molecular weight is 306 g/mol. The number of nitrogens with one attached hydrogen (secondary N) is 1. The third-order valence-corrected chi connectivity index (χ3v) is 3.53. The van der Waals surface area contributed by atoms with E-state index in [1.54, 1.807) is 7.11 Å². The lowest BCUT2D eigenvalue weighted by Gasteiger charge is -2.12. The molecule has 1 atom stereocenters. The van der Waals surface area contributed by atoms with Gasteiger partial charge in [0.25, 0.3) is 0 Å². The monoisotopic (exact) mass is 305 g/mol. The van der Waals surface area contributed by atoms with Crippen LogP contribution in [0.2, 0.25) is 5.02 Å². The van der Waals surface area contributed by atoms with Crippen LogP contribution in [-0.4, -0.2) is 24.9 Å². The summed E-state index contributed by atoms with van der Waals surface area (Å²) in [6.07, 6.45) is 0.248. The van der Waals surface area contributed by atoms with Crippen LogP contribution >= 0.6 is 11.6 Å². The molecule has 0 aromatic heterocycles. The molecule has 4 heteroatoms. The Morgan fingerprint density at radius 1 is 1.14 bits per heavy atom. The standard InChI is InChI=1S/C17H20ClNO2/c1-21-17-8-7-14(10-16(17)18)11-19-12-15(20)9-13-5-3-2-4-6-13/h2-8,10,15,19-20H,9,11-12H2,1H3. The molecule has 0 amide bonds. The first-order valence-corrected chi connectivity index (χ1v) is 7.32. The molecule has 21 heavy (non-hydrogen) atoms. The Morgan fingerprint density at radius 3 is 2.57 bits per heavy atom. The Bertz CT molecular complexity index is 560. The van der Waals surface area contributed by atoms with Crippen LogP contribution in [0.1, 0.15) is 11.1 Å². The Kier molecular flexibility index (Phi) is 6.05. The fraction of sp³-hybridized carbons (Fsp3) is 0.294. The fourth-order valence-corrected chi connectivity index (χ4v) is 2.44. The second-order valence-corrected chi connectivity index (χ2v) is 5.35. The van der Waals surface area contributed by atoms with Crippen LogP contribution in [0.15, 0.2) is 48.5 Å². The van der Waals surface area contributed by atoms with Gasteiger partial charge in [-0.3, -0.25) is 0 Å². The predicted octanol–water partition coefficient (Wildman–Crippen LogP) is 3.04. The maximum Gasteiger partial charge on any atom is 0.137 e. The molecule has 0 aliphatic heterocycles. The van der Waals surface area contributed by atoms with Gasteiger partial charge < -0.3 is 15.2 Å². The zero-order chi connectivity index (χ0) is 15.1. The molecule has 2 rings (SSSR count). The molecule has 0 heterocycles. The second kappa shape index (κ2) is 8.03. The topological polar surface area (TPSA) is 41.5 Å².